The first-order chi connectivity index (χ1) is 12.9. The minimum absolute atomic E-state index is 0.309. The summed E-state index contributed by atoms with van der Waals surface area (Å²) in [5.74, 6) is -1.39. The minimum atomic E-state index is -1.11. The Morgan fingerprint density at radius 2 is 2.07 bits per heavy atom. The van der Waals surface area contributed by atoms with Crippen molar-refractivity contribution >= 4 is 11.9 Å². The zero-order chi connectivity index (χ0) is 19.4. The molecule has 0 fully saturated rings. The molecule has 0 saturated carbocycles. The molecule has 0 aromatic heterocycles. The first-order valence-corrected chi connectivity index (χ1v) is 8.97. The van der Waals surface area contributed by atoms with Crippen LogP contribution in [0.2, 0.25) is 0 Å². The number of carboxylic acid groups (broad SMARTS) is 1. The van der Waals surface area contributed by atoms with Crippen molar-refractivity contribution in [2.75, 3.05) is 6.61 Å². The average Bonchev–Trinajstić information content (AvgIpc) is 3.11. The number of fused-ring (bicyclic) bond motifs is 1. The van der Waals surface area contributed by atoms with Gasteiger partial charge in [-0.1, -0.05) is 25.1 Å². The van der Waals surface area contributed by atoms with Crippen molar-refractivity contribution in [3.63, 3.8) is 0 Å². The molecule has 0 bridgehead atoms. The van der Waals surface area contributed by atoms with Gasteiger partial charge in [-0.2, -0.15) is 0 Å². The van der Waals surface area contributed by atoms with Crippen LogP contribution >= 0.6 is 0 Å². The fourth-order valence-electron chi connectivity index (χ4n) is 3.16. The number of hydrogen-bond acceptors (Lipinski definition) is 3. The summed E-state index contributed by atoms with van der Waals surface area (Å²) in [6.07, 6.45) is 1.77. The number of aryl methyl sites for hydroxylation is 1. The lowest BCUT2D eigenvalue weighted by molar-refractivity contribution is -0.142. The third-order valence-electron chi connectivity index (χ3n) is 4.78. The van der Waals surface area contributed by atoms with Gasteiger partial charge in [-0.15, -0.1) is 0 Å². The van der Waals surface area contributed by atoms with Crippen LogP contribution in [0.3, 0.4) is 0 Å². The second kappa shape index (κ2) is 8.20. The Balaban J connectivity index is 1.63. The van der Waals surface area contributed by atoms with Crippen molar-refractivity contribution in [3.05, 3.63) is 65.0 Å². The number of halogens is 1. The van der Waals surface area contributed by atoms with Crippen molar-refractivity contribution in [1.82, 2.24) is 5.32 Å². The number of amides is 1. The molecule has 1 aliphatic heterocycles. The highest BCUT2D eigenvalue weighted by Gasteiger charge is 2.26. The number of carbonyl (C=O) groups is 2. The molecular weight excluding hydrogens is 349 g/mol. The number of hydrogen-bond donors (Lipinski definition) is 2. The molecule has 0 radical (unpaired) electrons. The number of ether oxygens (including phenoxy) is 1. The van der Waals surface area contributed by atoms with Gasteiger partial charge >= 0.3 is 5.97 Å². The van der Waals surface area contributed by atoms with Crippen molar-refractivity contribution in [1.29, 1.82) is 0 Å². The van der Waals surface area contributed by atoms with Crippen molar-refractivity contribution in [3.8, 4) is 5.75 Å². The number of nitrogens with one attached hydrogen (secondary N) is 1. The van der Waals surface area contributed by atoms with E-state index in [0.717, 1.165) is 23.3 Å². The zero-order valence-corrected chi connectivity index (χ0v) is 15.1. The van der Waals surface area contributed by atoms with Crippen LogP contribution in [0.5, 0.6) is 5.75 Å². The Bertz CT molecular complexity index is 852. The summed E-state index contributed by atoms with van der Waals surface area (Å²) < 4.78 is 18.7. The van der Waals surface area contributed by atoms with Gasteiger partial charge in [-0.05, 0) is 53.8 Å². The van der Waals surface area contributed by atoms with Crippen molar-refractivity contribution in [2.24, 2.45) is 5.92 Å². The van der Waals surface area contributed by atoms with E-state index >= 15 is 0 Å². The number of carboxylic acids is 1. The quantitative estimate of drug-likeness (QED) is 0.783. The van der Waals surface area contributed by atoms with Crippen LogP contribution in [-0.2, 0) is 22.4 Å². The molecule has 1 amide bonds. The number of rotatable bonds is 7. The molecule has 5 nitrogen and oxygen atoms in total. The second-order valence-corrected chi connectivity index (χ2v) is 6.82. The molecule has 2 aromatic carbocycles. The van der Waals surface area contributed by atoms with Crippen LogP contribution < -0.4 is 10.1 Å². The van der Waals surface area contributed by atoms with Gasteiger partial charge in [0.25, 0.3) is 0 Å². The number of carbonyl (C=O) groups excluding carboxylic acids is 1. The third-order valence-corrected chi connectivity index (χ3v) is 4.78. The first-order valence-electron chi connectivity index (χ1n) is 8.97. The topological polar surface area (TPSA) is 75.6 Å². The highest BCUT2D eigenvalue weighted by molar-refractivity contribution is 5.85. The lowest BCUT2D eigenvalue weighted by Gasteiger charge is -2.19. The normalized spacial score (nSPS) is 14.7. The van der Waals surface area contributed by atoms with E-state index in [-0.39, 0.29) is 11.7 Å². The predicted molar refractivity (Wildman–Crippen MR) is 98.0 cm³/mol. The molecule has 0 aliphatic carbocycles. The maximum Gasteiger partial charge on any atom is 0.330 e. The van der Waals surface area contributed by atoms with Gasteiger partial charge in [0.1, 0.15) is 11.6 Å². The monoisotopic (exact) mass is 371 g/mol. The standard InChI is InChI=1S/C21H22FNO4/c1-13(5-6-14-3-2-4-17(22)11-14)20(24)23-19(21(25)26)16-7-8-18-15(12-16)9-10-27-18/h2-4,7-8,11-13,19H,5-6,9-10H2,1H3,(H,23,24)(H,25,26). The van der Waals surface area contributed by atoms with E-state index in [1.54, 1.807) is 37.3 Å². The lowest BCUT2D eigenvalue weighted by Crippen LogP contribution is -2.37. The molecule has 6 heteroatoms. The summed E-state index contributed by atoms with van der Waals surface area (Å²) in [5.41, 5.74) is 2.28. The van der Waals surface area contributed by atoms with Gasteiger partial charge in [0.2, 0.25) is 5.91 Å². The molecule has 2 atom stereocenters. The predicted octanol–water partition coefficient (Wildman–Crippen LogP) is 3.27. The molecule has 1 heterocycles. The Labute approximate surface area is 157 Å². The Morgan fingerprint density at radius 3 is 2.81 bits per heavy atom. The van der Waals surface area contributed by atoms with E-state index in [1.165, 1.54) is 12.1 Å². The highest BCUT2D eigenvalue weighted by Crippen LogP contribution is 2.28. The van der Waals surface area contributed by atoms with Crippen LogP contribution in [0.4, 0.5) is 4.39 Å². The zero-order valence-electron chi connectivity index (χ0n) is 15.1. The molecule has 27 heavy (non-hydrogen) atoms. The molecule has 3 rings (SSSR count). The molecule has 142 valence electrons. The number of aliphatic carboxylic acids is 1. The summed E-state index contributed by atoms with van der Waals surface area (Å²) in [4.78, 5) is 24.2. The average molecular weight is 371 g/mol. The third kappa shape index (κ3) is 4.64. The van der Waals surface area contributed by atoms with E-state index < -0.39 is 17.9 Å². The first kappa shape index (κ1) is 18.9. The molecule has 2 aromatic rings. The fraction of sp³-hybridized carbons (Fsp3) is 0.333. The molecule has 0 spiro atoms. The summed E-state index contributed by atoms with van der Waals surface area (Å²) >= 11 is 0. The van der Waals surface area contributed by atoms with Crippen LogP contribution in [0, 0.1) is 11.7 Å². The SMILES string of the molecule is CC(CCc1cccc(F)c1)C(=O)NC(C(=O)O)c1ccc2c(c1)CCO2. The Kier molecular flexibility index (Phi) is 5.74. The lowest BCUT2D eigenvalue weighted by atomic mass is 9.98. The summed E-state index contributed by atoms with van der Waals surface area (Å²) in [5, 5.41) is 12.2. The van der Waals surface area contributed by atoms with Crippen LogP contribution in [0.1, 0.15) is 36.1 Å². The molecule has 0 saturated heterocycles. The summed E-state index contributed by atoms with van der Waals surface area (Å²) in [6, 6.07) is 10.3. The van der Waals surface area contributed by atoms with Crippen molar-refractivity contribution < 1.29 is 23.8 Å². The highest BCUT2D eigenvalue weighted by atomic mass is 19.1. The number of benzene rings is 2. The van der Waals surface area contributed by atoms with E-state index in [9.17, 15) is 19.1 Å². The smallest absolute Gasteiger partial charge is 0.330 e. The Hall–Kier alpha value is -2.89. The van der Waals surface area contributed by atoms with E-state index in [1.807, 2.05) is 0 Å². The summed E-state index contributed by atoms with van der Waals surface area (Å²) in [7, 11) is 0. The minimum Gasteiger partial charge on any atom is -0.493 e. The molecule has 2 N–H and O–H groups in total. The van der Waals surface area contributed by atoms with Crippen LogP contribution in [0.15, 0.2) is 42.5 Å². The second-order valence-electron chi connectivity index (χ2n) is 6.82. The van der Waals surface area contributed by atoms with Crippen LogP contribution in [0.25, 0.3) is 0 Å². The van der Waals surface area contributed by atoms with Crippen molar-refractivity contribution in [2.45, 2.75) is 32.2 Å². The van der Waals surface area contributed by atoms with E-state index in [2.05, 4.69) is 5.32 Å². The van der Waals surface area contributed by atoms with E-state index in [0.29, 0.717) is 25.0 Å². The fourth-order valence-corrected chi connectivity index (χ4v) is 3.16. The maximum absolute atomic E-state index is 13.2. The maximum atomic E-state index is 13.2. The molecule has 1 aliphatic rings. The van der Waals surface area contributed by atoms with Gasteiger partial charge in [0.15, 0.2) is 6.04 Å². The van der Waals surface area contributed by atoms with Gasteiger partial charge in [0.05, 0.1) is 6.61 Å². The molecule has 2 unspecified atom stereocenters. The van der Waals surface area contributed by atoms with E-state index in [4.69, 9.17) is 4.74 Å². The summed E-state index contributed by atoms with van der Waals surface area (Å²) in [6.45, 7) is 2.32. The molecular formula is C21H22FNO4. The largest absolute Gasteiger partial charge is 0.493 e. The van der Waals surface area contributed by atoms with Gasteiger partial charge in [-0.3, -0.25) is 4.79 Å². The Morgan fingerprint density at radius 1 is 1.26 bits per heavy atom. The van der Waals surface area contributed by atoms with Gasteiger partial charge in [-0.25, -0.2) is 9.18 Å². The van der Waals surface area contributed by atoms with Gasteiger partial charge in [0, 0.05) is 12.3 Å². The van der Waals surface area contributed by atoms with Gasteiger partial charge < -0.3 is 15.2 Å². The van der Waals surface area contributed by atoms with Crippen LogP contribution in [-0.4, -0.2) is 23.6 Å².